The first-order valence-corrected chi connectivity index (χ1v) is 11.7. The summed E-state index contributed by atoms with van der Waals surface area (Å²) in [5.41, 5.74) is 1.03. The number of anilines is 1. The molecule has 1 fully saturated rings. The Labute approximate surface area is 198 Å². The van der Waals surface area contributed by atoms with E-state index in [4.69, 9.17) is 21.1 Å². The number of rotatable bonds is 6. The molecule has 3 aromatic rings. The molecular weight excluding hydrogens is 442 g/mol. The van der Waals surface area contributed by atoms with E-state index in [0.717, 1.165) is 18.6 Å². The number of nitrogens with zero attached hydrogens (tertiary/aromatic N) is 5. The molecular formula is C24H30ClN5O3. The molecule has 33 heavy (non-hydrogen) atoms. The van der Waals surface area contributed by atoms with Gasteiger partial charge in [0.1, 0.15) is 22.5 Å². The second-order valence-corrected chi connectivity index (χ2v) is 9.23. The Hall–Kier alpha value is -2.87. The van der Waals surface area contributed by atoms with Gasteiger partial charge < -0.3 is 14.4 Å². The van der Waals surface area contributed by atoms with Crippen molar-refractivity contribution in [1.82, 2.24) is 19.5 Å². The second-order valence-electron chi connectivity index (χ2n) is 8.84. The molecule has 4 heterocycles. The minimum absolute atomic E-state index is 0.0000243. The van der Waals surface area contributed by atoms with Crippen LogP contribution >= 0.6 is 11.6 Å². The zero-order valence-electron chi connectivity index (χ0n) is 19.7. The van der Waals surface area contributed by atoms with Crippen LogP contribution < -0.4 is 20.1 Å². The molecule has 1 aliphatic heterocycles. The van der Waals surface area contributed by atoms with Crippen molar-refractivity contribution < 1.29 is 9.47 Å². The van der Waals surface area contributed by atoms with Gasteiger partial charge in [-0.15, -0.1) is 0 Å². The monoisotopic (exact) mass is 471 g/mol. The van der Waals surface area contributed by atoms with Crippen molar-refractivity contribution in [3.05, 3.63) is 46.1 Å². The van der Waals surface area contributed by atoms with Gasteiger partial charge in [0.15, 0.2) is 5.82 Å². The lowest BCUT2D eigenvalue weighted by atomic mass is 9.88. The SMILES string of the molecule is CC[C@@H]1CN(c2nc(=O)n(C)c3ccc(Cl)nc23)[C@@H](C)C[C@H]1Oc1ccc(OC(C)C)cn1. The first-order valence-electron chi connectivity index (χ1n) is 11.4. The van der Waals surface area contributed by atoms with E-state index in [9.17, 15) is 4.79 Å². The van der Waals surface area contributed by atoms with Crippen LogP contribution in [0.5, 0.6) is 11.6 Å². The largest absolute Gasteiger partial charge is 0.489 e. The first-order chi connectivity index (χ1) is 15.8. The van der Waals surface area contributed by atoms with Gasteiger partial charge in [-0.1, -0.05) is 18.5 Å². The zero-order chi connectivity index (χ0) is 23.7. The van der Waals surface area contributed by atoms with Crippen molar-refractivity contribution >= 4 is 28.5 Å². The summed E-state index contributed by atoms with van der Waals surface area (Å²) in [7, 11) is 1.69. The number of hydrogen-bond donors (Lipinski definition) is 0. The third-order valence-electron chi connectivity index (χ3n) is 6.11. The molecule has 176 valence electrons. The molecule has 0 aromatic carbocycles. The molecule has 0 amide bonds. The van der Waals surface area contributed by atoms with Gasteiger partial charge in [-0.05, 0) is 45.4 Å². The van der Waals surface area contributed by atoms with Crippen molar-refractivity contribution in [3.63, 3.8) is 0 Å². The summed E-state index contributed by atoms with van der Waals surface area (Å²) in [4.78, 5) is 28.0. The summed E-state index contributed by atoms with van der Waals surface area (Å²) in [6.45, 7) is 8.92. The summed E-state index contributed by atoms with van der Waals surface area (Å²) in [5.74, 6) is 2.12. The van der Waals surface area contributed by atoms with Gasteiger partial charge in [-0.25, -0.2) is 14.8 Å². The summed E-state index contributed by atoms with van der Waals surface area (Å²) < 4.78 is 13.5. The number of piperidine rings is 1. The Bertz CT molecular complexity index is 1180. The topological polar surface area (TPSA) is 82.4 Å². The molecule has 0 saturated carbocycles. The zero-order valence-corrected chi connectivity index (χ0v) is 20.4. The van der Waals surface area contributed by atoms with E-state index in [-0.39, 0.29) is 29.9 Å². The van der Waals surface area contributed by atoms with Gasteiger partial charge in [0.05, 0.1) is 17.8 Å². The van der Waals surface area contributed by atoms with Crippen molar-refractivity contribution in [2.45, 2.75) is 58.8 Å². The molecule has 9 heteroatoms. The normalized spacial score (nSPS) is 20.9. The highest BCUT2D eigenvalue weighted by molar-refractivity contribution is 6.29. The standard InChI is InChI=1S/C24H30ClN5O3/c1-6-16-13-30(23-22-18(8-9-20(25)27-22)29(5)24(31)28-23)15(4)11-19(16)33-21-10-7-17(12-26-21)32-14(2)3/h7-10,12,14-16,19H,6,11,13H2,1-5H3/t15-,16+,19+/m0/s1. The number of ether oxygens (including phenoxy) is 2. The Morgan fingerprint density at radius 2 is 2.00 bits per heavy atom. The van der Waals surface area contributed by atoms with Gasteiger partial charge in [0.25, 0.3) is 0 Å². The quantitative estimate of drug-likeness (QED) is 0.497. The maximum absolute atomic E-state index is 12.6. The summed E-state index contributed by atoms with van der Waals surface area (Å²) in [5, 5.41) is 0.373. The van der Waals surface area contributed by atoms with Crippen LogP contribution in [0.15, 0.2) is 35.3 Å². The van der Waals surface area contributed by atoms with E-state index in [1.165, 1.54) is 4.57 Å². The van der Waals surface area contributed by atoms with Crippen molar-refractivity contribution in [2.75, 3.05) is 11.4 Å². The Kier molecular flexibility index (Phi) is 6.74. The lowest BCUT2D eigenvalue weighted by Gasteiger charge is -2.43. The molecule has 0 N–H and O–H groups in total. The Morgan fingerprint density at radius 3 is 2.67 bits per heavy atom. The smallest absolute Gasteiger partial charge is 0.349 e. The lowest BCUT2D eigenvalue weighted by molar-refractivity contribution is 0.0908. The molecule has 3 aromatic heterocycles. The average Bonchev–Trinajstić information content (AvgIpc) is 2.77. The van der Waals surface area contributed by atoms with E-state index in [2.05, 4.69) is 33.7 Å². The Morgan fingerprint density at radius 1 is 1.21 bits per heavy atom. The van der Waals surface area contributed by atoms with E-state index in [1.807, 2.05) is 32.0 Å². The second kappa shape index (κ2) is 9.55. The fraction of sp³-hybridized carbons (Fsp3) is 0.500. The van der Waals surface area contributed by atoms with Crippen LogP contribution in [0, 0.1) is 5.92 Å². The van der Waals surface area contributed by atoms with Crippen LogP contribution in [0.4, 0.5) is 5.82 Å². The van der Waals surface area contributed by atoms with Gasteiger partial charge in [-0.3, -0.25) is 4.57 Å². The highest BCUT2D eigenvalue weighted by Crippen LogP contribution is 2.33. The predicted octanol–water partition coefficient (Wildman–Crippen LogP) is 4.24. The van der Waals surface area contributed by atoms with Crippen LogP contribution in [0.1, 0.15) is 40.5 Å². The number of hydrogen-bond acceptors (Lipinski definition) is 7. The van der Waals surface area contributed by atoms with Crippen LogP contribution in [-0.4, -0.2) is 44.3 Å². The molecule has 0 aliphatic carbocycles. The highest BCUT2D eigenvalue weighted by Gasteiger charge is 2.36. The lowest BCUT2D eigenvalue weighted by Crippen LogP contribution is -2.51. The van der Waals surface area contributed by atoms with Crippen LogP contribution in [0.3, 0.4) is 0 Å². The minimum Gasteiger partial charge on any atom is -0.489 e. The molecule has 1 saturated heterocycles. The molecule has 0 bridgehead atoms. The maximum Gasteiger partial charge on any atom is 0.349 e. The molecule has 3 atom stereocenters. The first kappa shape index (κ1) is 23.3. The van der Waals surface area contributed by atoms with Crippen molar-refractivity contribution in [3.8, 4) is 11.6 Å². The fourth-order valence-corrected chi connectivity index (χ4v) is 4.50. The van der Waals surface area contributed by atoms with Crippen LogP contribution in [0.2, 0.25) is 5.15 Å². The van der Waals surface area contributed by atoms with E-state index < -0.39 is 0 Å². The Balaban J connectivity index is 1.59. The molecule has 0 radical (unpaired) electrons. The average molecular weight is 472 g/mol. The molecule has 0 spiro atoms. The van der Waals surface area contributed by atoms with E-state index in [0.29, 0.717) is 34.4 Å². The van der Waals surface area contributed by atoms with Crippen molar-refractivity contribution in [1.29, 1.82) is 0 Å². The number of halogens is 1. The minimum atomic E-state index is -0.312. The number of aromatic nitrogens is 4. The van der Waals surface area contributed by atoms with Gasteiger partial charge >= 0.3 is 5.69 Å². The number of pyridine rings is 2. The van der Waals surface area contributed by atoms with E-state index in [1.54, 1.807) is 19.3 Å². The number of fused-ring (bicyclic) bond motifs is 1. The predicted molar refractivity (Wildman–Crippen MR) is 129 cm³/mol. The molecule has 1 aliphatic rings. The van der Waals surface area contributed by atoms with Crippen molar-refractivity contribution in [2.24, 2.45) is 13.0 Å². The maximum atomic E-state index is 12.6. The summed E-state index contributed by atoms with van der Waals surface area (Å²) in [6, 6.07) is 7.32. The highest BCUT2D eigenvalue weighted by atomic mass is 35.5. The third-order valence-corrected chi connectivity index (χ3v) is 6.32. The summed E-state index contributed by atoms with van der Waals surface area (Å²) >= 11 is 6.19. The van der Waals surface area contributed by atoms with Crippen LogP contribution in [0.25, 0.3) is 11.0 Å². The van der Waals surface area contributed by atoms with Gasteiger partial charge in [-0.2, -0.15) is 4.98 Å². The summed E-state index contributed by atoms with van der Waals surface area (Å²) in [6.07, 6.45) is 3.47. The molecule has 0 unspecified atom stereocenters. The van der Waals surface area contributed by atoms with Gasteiger partial charge in [0.2, 0.25) is 5.88 Å². The van der Waals surface area contributed by atoms with Crippen LogP contribution in [-0.2, 0) is 7.05 Å². The van der Waals surface area contributed by atoms with E-state index >= 15 is 0 Å². The molecule has 8 nitrogen and oxygen atoms in total. The fourth-order valence-electron chi connectivity index (χ4n) is 4.36. The third kappa shape index (κ3) is 4.90. The molecule has 4 rings (SSSR count). The number of aryl methyl sites for hydroxylation is 1. The van der Waals surface area contributed by atoms with Gasteiger partial charge in [0, 0.05) is 38.0 Å².